The molecular formula is C27H30N4O4S. The fourth-order valence-electron chi connectivity index (χ4n) is 4.09. The summed E-state index contributed by atoms with van der Waals surface area (Å²) in [7, 11) is 1.86. The van der Waals surface area contributed by atoms with Crippen LogP contribution in [0.15, 0.2) is 71.7 Å². The Bertz CT molecular complexity index is 1320. The summed E-state index contributed by atoms with van der Waals surface area (Å²) < 4.78 is 7.05. The van der Waals surface area contributed by atoms with Gasteiger partial charge in [-0.2, -0.15) is 5.10 Å². The second-order valence-corrected chi connectivity index (χ2v) is 10.7. The van der Waals surface area contributed by atoms with Crippen molar-refractivity contribution in [2.45, 2.75) is 38.8 Å². The molecule has 0 saturated heterocycles. The molecule has 3 heterocycles. The summed E-state index contributed by atoms with van der Waals surface area (Å²) in [6.07, 6.45) is 4.37. The number of nitrogens with one attached hydrogen (secondary N) is 1. The first-order valence-corrected chi connectivity index (χ1v) is 12.4. The number of thiophene rings is 1. The minimum Gasteiger partial charge on any atom is -0.472 e. The largest absolute Gasteiger partial charge is 0.472 e. The number of hydrogen-bond acceptors (Lipinski definition) is 5. The second-order valence-electron chi connectivity index (χ2n) is 9.63. The summed E-state index contributed by atoms with van der Waals surface area (Å²) in [5, 5.41) is 17.2. The smallest absolute Gasteiger partial charge is 0.407 e. The SMILES string of the molecule is Cn1nccc1-c1cc(C(=O)NC(Cc2ccccc2)CN(C(=O)O)C(C)(C)C)c(-c2ccoc2)s1. The summed E-state index contributed by atoms with van der Waals surface area (Å²) >= 11 is 1.49. The van der Waals surface area contributed by atoms with E-state index in [4.69, 9.17) is 4.42 Å². The van der Waals surface area contributed by atoms with Crippen molar-refractivity contribution in [1.29, 1.82) is 0 Å². The first kappa shape index (κ1) is 25.2. The lowest BCUT2D eigenvalue weighted by Gasteiger charge is -2.36. The summed E-state index contributed by atoms with van der Waals surface area (Å²) in [6, 6.07) is 14.9. The predicted molar refractivity (Wildman–Crippen MR) is 140 cm³/mol. The summed E-state index contributed by atoms with van der Waals surface area (Å²) in [5.41, 5.74) is 2.60. The number of carbonyl (C=O) groups is 2. The molecule has 0 radical (unpaired) electrons. The molecule has 0 aliphatic heterocycles. The van der Waals surface area contributed by atoms with Gasteiger partial charge in [-0.05, 0) is 51.0 Å². The predicted octanol–water partition coefficient (Wildman–Crippen LogP) is 5.53. The van der Waals surface area contributed by atoms with Gasteiger partial charge in [-0.1, -0.05) is 30.3 Å². The van der Waals surface area contributed by atoms with E-state index in [0.29, 0.717) is 12.0 Å². The van der Waals surface area contributed by atoms with Crippen molar-refractivity contribution in [3.8, 4) is 21.0 Å². The van der Waals surface area contributed by atoms with Gasteiger partial charge in [0.15, 0.2) is 0 Å². The van der Waals surface area contributed by atoms with E-state index in [1.165, 1.54) is 16.2 Å². The number of carboxylic acid groups (broad SMARTS) is 1. The minimum atomic E-state index is -1.03. The fraction of sp³-hybridized carbons (Fsp3) is 0.296. The molecule has 4 aromatic rings. The monoisotopic (exact) mass is 506 g/mol. The molecule has 0 aliphatic rings. The van der Waals surface area contributed by atoms with Gasteiger partial charge in [0.25, 0.3) is 5.91 Å². The van der Waals surface area contributed by atoms with E-state index in [1.54, 1.807) is 23.4 Å². The molecule has 0 saturated carbocycles. The summed E-state index contributed by atoms with van der Waals surface area (Å²) in [4.78, 5) is 28.8. The Morgan fingerprint density at radius 3 is 2.53 bits per heavy atom. The standard InChI is InChI=1S/C27H30N4O4S/c1-27(2,3)31(26(33)34)16-20(14-18-8-6-5-7-9-18)29-25(32)21-15-23(22-10-12-28-30(22)4)36-24(21)19-11-13-35-17-19/h5-13,15,17,20H,14,16H2,1-4H3,(H,29,32)(H,33,34). The Balaban J connectivity index is 1.68. The molecule has 36 heavy (non-hydrogen) atoms. The van der Waals surface area contributed by atoms with Crippen LogP contribution in [0.2, 0.25) is 0 Å². The van der Waals surface area contributed by atoms with Crippen LogP contribution in [0.1, 0.15) is 36.7 Å². The number of aromatic nitrogens is 2. The third-order valence-corrected chi connectivity index (χ3v) is 7.14. The van der Waals surface area contributed by atoms with Crippen LogP contribution >= 0.6 is 11.3 Å². The van der Waals surface area contributed by atoms with Crippen LogP contribution in [0.5, 0.6) is 0 Å². The van der Waals surface area contributed by atoms with Gasteiger partial charge in [0.2, 0.25) is 0 Å². The molecule has 0 fully saturated rings. The second kappa shape index (κ2) is 10.4. The number of nitrogens with zero attached hydrogens (tertiary/aromatic N) is 3. The van der Waals surface area contributed by atoms with Gasteiger partial charge in [-0.15, -0.1) is 11.3 Å². The van der Waals surface area contributed by atoms with Gasteiger partial charge < -0.3 is 19.7 Å². The van der Waals surface area contributed by atoms with E-state index < -0.39 is 17.7 Å². The van der Waals surface area contributed by atoms with Crippen LogP contribution in [-0.4, -0.2) is 49.9 Å². The number of furan rings is 1. The lowest BCUT2D eigenvalue weighted by Crippen LogP contribution is -2.53. The van der Waals surface area contributed by atoms with E-state index in [9.17, 15) is 14.7 Å². The molecule has 0 aliphatic carbocycles. The molecule has 1 aromatic carbocycles. The summed E-state index contributed by atoms with van der Waals surface area (Å²) in [5.74, 6) is -0.268. The first-order valence-electron chi connectivity index (χ1n) is 11.6. The topological polar surface area (TPSA) is 101 Å². The zero-order valence-electron chi connectivity index (χ0n) is 20.8. The molecular weight excluding hydrogens is 476 g/mol. The van der Waals surface area contributed by atoms with Crippen molar-refractivity contribution in [3.05, 3.63) is 78.4 Å². The van der Waals surface area contributed by atoms with Crippen molar-refractivity contribution in [1.82, 2.24) is 20.0 Å². The number of hydrogen-bond donors (Lipinski definition) is 2. The van der Waals surface area contributed by atoms with Crippen LogP contribution < -0.4 is 5.32 Å². The van der Waals surface area contributed by atoms with E-state index in [-0.39, 0.29) is 12.5 Å². The maximum absolute atomic E-state index is 13.7. The van der Waals surface area contributed by atoms with Crippen LogP contribution in [-0.2, 0) is 13.5 Å². The number of aryl methyl sites for hydroxylation is 1. The van der Waals surface area contributed by atoms with Gasteiger partial charge in [-0.25, -0.2) is 4.79 Å². The molecule has 2 amide bonds. The number of rotatable bonds is 8. The minimum absolute atomic E-state index is 0.152. The van der Waals surface area contributed by atoms with Crippen molar-refractivity contribution < 1.29 is 19.1 Å². The molecule has 1 unspecified atom stereocenters. The van der Waals surface area contributed by atoms with Crippen LogP contribution in [0, 0.1) is 0 Å². The van der Waals surface area contributed by atoms with Crippen molar-refractivity contribution >= 4 is 23.3 Å². The maximum atomic E-state index is 13.7. The molecule has 9 heteroatoms. The maximum Gasteiger partial charge on any atom is 0.407 e. The highest BCUT2D eigenvalue weighted by Gasteiger charge is 2.30. The third-order valence-electron chi connectivity index (χ3n) is 5.94. The van der Waals surface area contributed by atoms with E-state index in [1.807, 2.05) is 76.3 Å². The number of benzene rings is 1. The lowest BCUT2D eigenvalue weighted by molar-refractivity contribution is 0.0823. The normalized spacial score (nSPS) is 12.3. The Kier molecular flexibility index (Phi) is 7.30. The quantitative estimate of drug-likeness (QED) is 0.327. The molecule has 2 N–H and O–H groups in total. The van der Waals surface area contributed by atoms with Crippen molar-refractivity contribution in [3.63, 3.8) is 0 Å². The molecule has 0 spiro atoms. The van der Waals surface area contributed by atoms with Crippen LogP contribution in [0.4, 0.5) is 4.79 Å². The third kappa shape index (κ3) is 5.68. The van der Waals surface area contributed by atoms with Crippen molar-refractivity contribution in [2.75, 3.05) is 6.54 Å². The fourth-order valence-corrected chi connectivity index (χ4v) is 5.29. The molecule has 3 aromatic heterocycles. The summed E-state index contributed by atoms with van der Waals surface area (Å²) in [6.45, 7) is 5.69. The molecule has 4 rings (SSSR count). The van der Waals surface area contributed by atoms with Gasteiger partial charge in [0, 0.05) is 30.9 Å². The number of amides is 2. The van der Waals surface area contributed by atoms with Gasteiger partial charge in [-0.3, -0.25) is 9.48 Å². The number of carbonyl (C=O) groups excluding carboxylic acids is 1. The molecule has 8 nitrogen and oxygen atoms in total. The van der Waals surface area contributed by atoms with Crippen LogP contribution in [0.3, 0.4) is 0 Å². The molecule has 1 atom stereocenters. The van der Waals surface area contributed by atoms with Crippen molar-refractivity contribution in [2.24, 2.45) is 7.05 Å². The molecule has 0 bridgehead atoms. The van der Waals surface area contributed by atoms with Crippen LogP contribution in [0.25, 0.3) is 21.0 Å². The van der Waals surface area contributed by atoms with Gasteiger partial charge >= 0.3 is 6.09 Å². The Morgan fingerprint density at radius 2 is 1.94 bits per heavy atom. The highest BCUT2D eigenvalue weighted by Crippen LogP contribution is 2.38. The van der Waals surface area contributed by atoms with E-state index in [0.717, 1.165) is 26.6 Å². The molecule has 188 valence electrons. The average Bonchev–Trinajstić information content (AvgIpc) is 3.57. The highest BCUT2D eigenvalue weighted by molar-refractivity contribution is 7.19. The van der Waals surface area contributed by atoms with Gasteiger partial charge in [0.1, 0.15) is 0 Å². The van der Waals surface area contributed by atoms with E-state index in [2.05, 4.69) is 10.4 Å². The zero-order chi connectivity index (χ0) is 25.9. The lowest BCUT2D eigenvalue weighted by atomic mass is 10.0. The zero-order valence-corrected chi connectivity index (χ0v) is 21.6. The Hall–Kier alpha value is -3.85. The Labute approximate surface area is 214 Å². The first-order chi connectivity index (χ1) is 17.1. The van der Waals surface area contributed by atoms with E-state index >= 15 is 0 Å². The highest BCUT2D eigenvalue weighted by atomic mass is 32.1. The average molecular weight is 507 g/mol. The Morgan fingerprint density at radius 1 is 1.19 bits per heavy atom. The van der Waals surface area contributed by atoms with Gasteiger partial charge in [0.05, 0.1) is 39.6 Å².